The third-order valence-electron chi connectivity index (χ3n) is 4.51. The molecule has 2 saturated heterocycles. The zero-order valence-electron chi connectivity index (χ0n) is 14.1. The van der Waals surface area contributed by atoms with Gasteiger partial charge in [0.2, 0.25) is 10.0 Å². The molecule has 2 aliphatic rings. The lowest BCUT2D eigenvalue weighted by atomic mass is 9.83. The number of hydrogen-bond donors (Lipinski definition) is 0. The first kappa shape index (κ1) is 18.9. The van der Waals surface area contributed by atoms with Crippen LogP contribution in [-0.4, -0.2) is 57.0 Å². The van der Waals surface area contributed by atoms with Crippen LogP contribution in [0.4, 0.5) is 0 Å². The lowest BCUT2D eigenvalue weighted by Gasteiger charge is -2.39. The van der Waals surface area contributed by atoms with E-state index < -0.39 is 10.0 Å². The Morgan fingerprint density at radius 2 is 1.71 bits per heavy atom. The van der Waals surface area contributed by atoms with Gasteiger partial charge in [0.05, 0.1) is 11.4 Å². The van der Waals surface area contributed by atoms with Crippen molar-refractivity contribution >= 4 is 10.0 Å². The summed E-state index contributed by atoms with van der Waals surface area (Å²) in [5.41, 5.74) is 0.0955. The fourth-order valence-corrected chi connectivity index (χ4v) is 4.75. The Morgan fingerprint density at radius 3 is 1.95 bits per heavy atom. The molecule has 0 unspecified atom stereocenters. The summed E-state index contributed by atoms with van der Waals surface area (Å²) < 4.78 is 34.7. The number of methoxy groups -OCH3 is 1. The van der Waals surface area contributed by atoms with Crippen LogP contribution in [0, 0.1) is 5.92 Å². The van der Waals surface area contributed by atoms with Crippen LogP contribution in [0.5, 0.6) is 0 Å². The third kappa shape index (κ3) is 4.91. The van der Waals surface area contributed by atoms with Crippen molar-refractivity contribution < 1.29 is 17.9 Å². The second-order valence-electron chi connectivity index (χ2n) is 6.41. The summed E-state index contributed by atoms with van der Waals surface area (Å²) >= 11 is 0. The van der Waals surface area contributed by atoms with Crippen LogP contribution in [0.25, 0.3) is 0 Å². The molecule has 2 fully saturated rings. The molecule has 6 heteroatoms. The summed E-state index contributed by atoms with van der Waals surface area (Å²) in [5, 5.41) is 0. The molecule has 2 aliphatic heterocycles. The predicted octanol–water partition coefficient (Wildman–Crippen LogP) is 2.27. The molecule has 0 amide bonds. The highest BCUT2D eigenvalue weighted by Gasteiger charge is 2.35. The quantitative estimate of drug-likeness (QED) is 0.800. The minimum Gasteiger partial charge on any atom is -0.381 e. The van der Waals surface area contributed by atoms with Crippen molar-refractivity contribution in [2.24, 2.45) is 5.92 Å². The molecular formula is C15H31NO4S. The molecule has 126 valence electrons. The van der Waals surface area contributed by atoms with Crippen molar-refractivity contribution in [1.29, 1.82) is 0 Å². The number of hydrogen-bond acceptors (Lipinski definition) is 4. The lowest BCUT2D eigenvalue weighted by Crippen LogP contribution is -2.42. The van der Waals surface area contributed by atoms with Crippen molar-refractivity contribution in [3.05, 3.63) is 0 Å². The van der Waals surface area contributed by atoms with Gasteiger partial charge in [-0.1, -0.05) is 13.8 Å². The molecule has 2 rings (SSSR count). The van der Waals surface area contributed by atoms with Crippen LogP contribution >= 0.6 is 0 Å². The van der Waals surface area contributed by atoms with Crippen molar-refractivity contribution in [2.45, 2.75) is 58.6 Å². The van der Waals surface area contributed by atoms with Crippen molar-refractivity contribution in [2.75, 3.05) is 32.6 Å². The number of nitrogens with zero attached hydrogens (tertiary/aromatic N) is 1. The lowest BCUT2D eigenvalue weighted by molar-refractivity contribution is -0.116. The molecule has 0 aromatic rings. The van der Waals surface area contributed by atoms with Gasteiger partial charge in [-0.2, -0.15) is 4.31 Å². The molecule has 0 spiro atoms. The second kappa shape index (κ2) is 7.90. The Hall–Kier alpha value is -0.170. The van der Waals surface area contributed by atoms with Crippen LogP contribution in [0.3, 0.4) is 0 Å². The summed E-state index contributed by atoms with van der Waals surface area (Å²) in [6.45, 7) is 10.7. The molecule has 0 aromatic carbocycles. The van der Waals surface area contributed by atoms with Gasteiger partial charge < -0.3 is 9.47 Å². The predicted molar refractivity (Wildman–Crippen MR) is 84.9 cm³/mol. The molecule has 21 heavy (non-hydrogen) atoms. The maximum atomic E-state index is 11.1. The Labute approximate surface area is 130 Å². The fourth-order valence-electron chi connectivity index (χ4n) is 2.97. The van der Waals surface area contributed by atoms with Crippen LogP contribution < -0.4 is 0 Å². The summed E-state index contributed by atoms with van der Waals surface area (Å²) in [4.78, 5) is 0. The molecule has 0 aliphatic carbocycles. The van der Waals surface area contributed by atoms with Gasteiger partial charge in [0.25, 0.3) is 0 Å². The average Bonchev–Trinajstić information content (AvgIpc) is 2.80. The molecule has 0 N–H and O–H groups in total. The van der Waals surface area contributed by atoms with Crippen LogP contribution in [0.1, 0.15) is 47.0 Å². The Balaban J connectivity index is 0.000000211. The fraction of sp³-hybridized carbons (Fsp3) is 1.00. The Kier molecular flexibility index (Phi) is 7.10. The summed E-state index contributed by atoms with van der Waals surface area (Å²) in [5.74, 6) is 0.932. The molecule has 0 atom stereocenters. The molecule has 0 radical (unpaired) electrons. The van der Waals surface area contributed by atoms with Crippen molar-refractivity contribution in [3.8, 4) is 0 Å². The second-order valence-corrected chi connectivity index (χ2v) is 8.45. The number of sulfonamides is 1. The minimum atomic E-state index is -2.85. The van der Waals surface area contributed by atoms with Crippen LogP contribution in [0.2, 0.25) is 0 Å². The van der Waals surface area contributed by atoms with E-state index in [-0.39, 0.29) is 11.6 Å². The highest BCUT2D eigenvalue weighted by atomic mass is 32.2. The monoisotopic (exact) mass is 321 g/mol. The van der Waals surface area contributed by atoms with E-state index in [1.54, 1.807) is 4.31 Å². The SMILES string of the molecule is CC(C)N1CCCS1(=O)=O.COC1(C(C)C)CCOCC1. The van der Waals surface area contributed by atoms with E-state index >= 15 is 0 Å². The smallest absolute Gasteiger partial charge is 0.214 e. The topological polar surface area (TPSA) is 55.8 Å². The van der Waals surface area contributed by atoms with Gasteiger partial charge in [-0.25, -0.2) is 8.42 Å². The summed E-state index contributed by atoms with van der Waals surface area (Å²) in [7, 11) is -1.04. The van der Waals surface area contributed by atoms with Gasteiger partial charge in [-0.3, -0.25) is 0 Å². The normalized spacial score (nSPS) is 24.9. The molecule has 5 nitrogen and oxygen atoms in total. The van der Waals surface area contributed by atoms with E-state index in [4.69, 9.17) is 9.47 Å². The molecule has 2 heterocycles. The van der Waals surface area contributed by atoms with E-state index in [1.165, 1.54) is 0 Å². The van der Waals surface area contributed by atoms with Crippen molar-refractivity contribution in [1.82, 2.24) is 4.31 Å². The average molecular weight is 321 g/mol. The Morgan fingerprint density at radius 1 is 1.14 bits per heavy atom. The van der Waals surface area contributed by atoms with Crippen LogP contribution in [-0.2, 0) is 19.5 Å². The molecule has 0 bridgehead atoms. The van der Waals surface area contributed by atoms with Gasteiger partial charge in [0.15, 0.2) is 0 Å². The highest BCUT2D eigenvalue weighted by molar-refractivity contribution is 7.89. The standard InChI is InChI=1S/C9H18O2.C6H13NO2S/c1-8(2)9(10-3)4-6-11-7-5-9;1-6(2)7-4-3-5-10(7,8)9/h8H,4-7H2,1-3H3;6H,3-5H2,1-2H3. The maximum absolute atomic E-state index is 11.1. The van der Waals surface area contributed by atoms with Gasteiger partial charge in [0, 0.05) is 45.8 Å². The molecular weight excluding hydrogens is 290 g/mol. The van der Waals surface area contributed by atoms with Gasteiger partial charge in [-0.15, -0.1) is 0 Å². The summed E-state index contributed by atoms with van der Waals surface area (Å²) in [6.07, 6.45) is 2.88. The van der Waals surface area contributed by atoms with E-state index in [1.807, 2.05) is 21.0 Å². The van der Waals surface area contributed by atoms with E-state index in [2.05, 4.69) is 13.8 Å². The van der Waals surface area contributed by atoms with Gasteiger partial charge in [-0.05, 0) is 26.2 Å². The largest absolute Gasteiger partial charge is 0.381 e. The number of rotatable bonds is 3. The van der Waals surface area contributed by atoms with Gasteiger partial charge in [0.1, 0.15) is 0 Å². The molecule has 0 saturated carbocycles. The van der Waals surface area contributed by atoms with Crippen LogP contribution in [0.15, 0.2) is 0 Å². The van der Waals surface area contributed by atoms with E-state index in [0.29, 0.717) is 18.2 Å². The third-order valence-corrected chi connectivity index (χ3v) is 6.64. The minimum absolute atomic E-state index is 0.0955. The summed E-state index contributed by atoms with van der Waals surface area (Å²) in [6, 6.07) is 0.132. The van der Waals surface area contributed by atoms with Gasteiger partial charge >= 0.3 is 0 Å². The first-order valence-corrected chi connectivity index (χ1v) is 9.48. The highest BCUT2D eigenvalue weighted by Crippen LogP contribution is 2.31. The zero-order valence-corrected chi connectivity index (χ0v) is 14.9. The van der Waals surface area contributed by atoms with E-state index in [0.717, 1.165) is 32.5 Å². The number of ether oxygens (including phenoxy) is 2. The zero-order chi connectivity index (χ0) is 16.1. The first-order chi connectivity index (χ1) is 9.75. The van der Waals surface area contributed by atoms with E-state index in [9.17, 15) is 8.42 Å². The first-order valence-electron chi connectivity index (χ1n) is 7.87. The van der Waals surface area contributed by atoms with Crippen molar-refractivity contribution in [3.63, 3.8) is 0 Å². The molecule has 0 aromatic heterocycles. The maximum Gasteiger partial charge on any atom is 0.214 e. The Bertz CT molecular complexity index is 400.